The molecule has 0 amide bonds. The molecule has 1 N–H and O–H groups in total. The summed E-state index contributed by atoms with van der Waals surface area (Å²) >= 11 is 0. The Labute approximate surface area is 270 Å². The van der Waals surface area contributed by atoms with E-state index in [2.05, 4.69) is 6.58 Å². The molecule has 0 spiro atoms. The van der Waals surface area contributed by atoms with Gasteiger partial charge in [-0.15, -0.1) is 0 Å². The molecule has 0 heterocycles. The molecule has 0 unspecified atom stereocenters. The number of esters is 3. The van der Waals surface area contributed by atoms with Crippen molar-refractivity contribution in [2.24, 2.45) is 22.7 Å². The van der Waals surface area contributed by atoms with Gasteiger partial charge in [-0.3, -0.25) is 9.59 Å². The quantitative estimate of drug-likeness (QED) is 0.178. The van der Waals surface area contributed by atoms with Gasteiger partial charge in [0.2, 0.25) is 0 Å². The molecule has 7 atom stereocenters. The van der Waals surface area contributed by atoms with Crippen molar-refractivity contribution in [2.75, 3.05) is 0 Å². The topological polar surface area (TPSA) is 116 Å². The van der Waals surface area contributed by atoms with E-state index >= 15 is 0 Å². The van der Waals surface area contributed by atoms with Gasteiger partial charge in [-0.05, 0) is 65.7 Å². The van der Waals surface area contributed by atoms with Crippen molar-refractivity contribution in [3.05, 3.63) is 101 Å². The van der Waals surface area contributed by atoms with Crippen LogP contribution in [-0.4, -0.2) is 53.2 Å². The molecule has 8 nitrogen and oxygen atoms in total. The van der Waals surface area contributed by atoms with Crippen LogP contribution in [0.3, 0.4) is 0 Å². The molecule has 0 aliphatic heterocycles. The molecule has 242 valence electrons. The number of aliphatic hydroxyl groups is 1. The lowest BCUT2D eigenvalue weighted by Crippen LogP contribution is -2.63. The molecule has 8 heteroatoms. The summed E-state index contributed by atoms with van der Waals surface area (Å²) in [6, 6.07) is 17.9. The van der Waals surface area contributed by atoms with E-state index in [4.69, 9.17) is 14.2 Å². The fourth-order valence-corrected chi connectivity index (χ4v) is 7.97. The summed E-state index contributed by atoms with van der Waals surface area (Å²) in [4.78, 5) is 52.8. The minimum atomic E-state index is -1.33. The fraction of sp³-hybridized carbons (Fsp3) is 0.421. The van der Waals surface area contributed by atoms with Crippen LogP contribution < -0.4 is 0 Å². The fourth-order valence-electron chi connectivity index (χ4n) is 7.97. The van der Waals surface area contributed by atoms with Crippen molar-refractivity contribution in [3.8, 4) is 0 Å². The third-order valence-corrected chi connectivity index (χ3v) is 10.3. The lowest BCUT2D eigenvalue weighted by molar-refractivity contribution is -0.184. The minimum Gasteiger partial charge on any atom is -0.462 e. The number of hydrogen-bond donors (Lipinski definition) is 1. The highest BCUT2D eigenvalue weighted by Gasteiger charge is 2.63. The van der Waals surface area contributed by atoms with E-state index in [1.54, 1.807) is 43.3 Å². The first-order valence-electron chi connectivity index (χ1n) is 15.7. The lowest BCUT2D eigenvalue weighted by atomic mass is 9.49. The first kappa shape index (κ1) is 33.1. The number of Topliss-reactive ketones (excluding diaryl/α,β-unsaturated/α-hetero) is 1. The Kier molecular flexibility index (Phi) is 9.23. The van der Waals surface area contributed by atoms with Crippen LogP contribution in [0, 0.1) is 22.7 Å². The van der Waals surface area contributed by atoms with Crippen molar-refractivity contribution < 1.29 is 38.5 Å². The predicted molar refractivity (Wildman–Crippen MR) is 172 cm³/mol. The summed E-state index contributed by atoms with van der Waals surface area (Å²) < 4.78 is 18.3. The van der Waals surface area contributed by atoms with Crippen LogP contribution in [-0.2, 0) is 28.6 Å². The van der Waals surface area contributed by atoms with Crippen LogP contribution >= 0.6 is 0 Å². The van der Waals surface area contributed by atoms with Gasteiger partial charge < -0.3 is 19.3 Å². The minimum absolute atomic E-state index is 0.0889. The van der Waals surface area contributed by atoms with Gasteiger partial charge in [0, 0.05) is 36.7 Å². The van der Waals surface area contributed by atoms with Crippen molar-refractivity contribution >= 4 is 29.8 Å². The second kappa shape index (κ2) is 12.8. The SMILES string of the molecule is C=C1[C@@H](OC(=O)/C=C/c2ccccc2)CC[C@@]2(C)[C@@H](OC(=O)c3ccccc3)[C@H](O)C3=C(C)C(=O)C[C@@H]([C@@H](OC(C)=O)[C@H]12)C3(C)C. The molecule has 0 saturated heterocycles. The van der Waals surface area contributed by atoms with Crippen molar-refractivity contribution in [3.63, 3.8) is 0 Å². The highest BCUT2D eigenvalue weighted by Crippen LogP contribution is 2.60. The molecule has 2 saturated carbocycles. The molecule has 2 fully saturated rings. The normalized spacial score (nSPS) is 30.6. The Balaban J connectivity index is 1.60. The second-order valence-corrected chi connectivity index (χ2v) is 13.5. The van der Waals surface area contributed by atoms with Gasteiger partial charge in [-0.25, -0.2) is 9.59 Å². The van der Waals surface area contributed by atoms with Gasteiger partial charge in [0.1, 0.15) is 24.4 Å². The van der Waals surface area contributed by atoms with Crippen molar-refractivity contribution in [2.45, 2.75) is 78.3 Å². The monoisotopic (exact) mass is 626 g/mol. The second-order valence-electron chi connectivity index (χ2n) is 13.5. The largest absolute Gasteiger partial charge is 0.462 e. The lowest BCUT2D eigenvalue weighted by Gasteiger charge is -2.59. The van der Waals surface area contributed by atoms with E-state index in [1.807, 2.05) is 51.1 Å². The molecular weight excluding hydrogens is 584 g/mol. The zero-order valence-electron chi connectivity index (χ0n) is 27.0. The van der Waals surface area contributed by atoms with Gasteiger partial charge in [0.25, 0.3) is 0 Å². The van der Waals surface area contributed by atoms with Gasteiger partial charge in [-0.2, -0.15) is 0 Å². The molecular formula is C38H42O8. The molecule has 2 aromatic rings. The number of hydrogen-bond acceptors (Lipinski definition) is 8. The summed E-state index contributed by atoms with van der Waals surface area (Å²) in [7, 11) is 0. The number of rotatable bonds is 6. The van der Waals surface area contributed by atoms with Crippen molar-refractivity contribution in [1.82, 2.24) is 0 Å². The molecule has 0 radical (unpaired) electrons. The summed E-state index contributed by atoms with van der Waals surface area (Å²) in [5.41, 5.74) is 0.662. The van der Waals surface area contributed by atoms with Gasteiger partial charge in [0.05, 0.1) is 5.56 Å². The zero-order chi connectivity index (χ0) is 33.4. The van der Waals surface area contributed by atoms with Crippen LogP contribution in [0.2, 0.25) is 0 Å². The molecule has 0 aromatic heterocycles. The summed E-state index contributed by atoms with van der Waals surface area (Å²) in [6.07, 6.45) is -0.328. The van der Waals surface area contributed by atoms with E-state index < -0.39 is 65.0 Å². The Morgan fingerprint density at radius 3 is 2.22 bits per heavy atom. The third kappa shape index (κ3) is 6.10. The van der Waals surface area contributed by atoms with E-state index in [-0.39, 0.29) is 12.2 Å². The Morgan fingerprint density at radius 2 is 1.59 bits per heavy atom. The number of carbonyl (C=O) groups excluding carboxylic acids is 4. The highest BCUT2D eigenvalue weighted by atomic mass is 16.6. The van der Waals surface area contributed by atoms with E-state index in [0.29, 0.717) is 35.1 Å². The standard InChI is InChI=1S/C38H42O8/c1-22-28(40)21-27-34(44-24(3)39)32-23(2)29(45-30(41)18-17-25-13-9-7-10-14-25)19-20-38(32,6)35(33(42)31(22)37(27,4)5)46-36(43)26-15-11-8-12-16-26/h7-18,27,29,32-35,42H,2,19-21H2,1,3-6H3/b18-17+/t27-,29-,32-,33+,34+,35-,38+/m0/s1. The molecule has 3 aliphatic carbocycles. The average Bonchev–Trinajstić information content (AvgIpc) is 3.01. The summed E-state index contributed by atoms with van der Waals surface area (Å²) in [5, 5.41) is 12.2. The smallest absolute Gasteiger partial charge is 0.338 e. The third-order valence-electron chi connectivity index (χ3n) is 10.3. The van der Waals surface area contributed by atoms with Crippen LogP contribution in [0.1, 0.15) is 69.8 Å². The average molecular weight is 627 g/mol. The number of ketones is 1. The maximum absolute atomic E-state index is 13.6. The molecule has 46 heavy (non-hydrogen) atoms. The number of fused-ring (bicyclic) bond motifs is 3. The summed E-state index contributed by atoms with van der Waals surface area (Å²) in [6.45, 7) is 13.1. The maximum Gasteiger partial charge on any atom is 0.338 e. The van der Waals surface area contributed by atoms with Crippen LogP contribution in [0.25, 0.3) is 6.08 Å². The summed E-state index contributed by atoms with van der Waals surface area (Å²) in [5.74, 6) is -3.18. The van der Waals surface area contributed by atoms with Crippen LogP contribution in [0.15, 0.2) is 90.0 Å². The number of carbonyl (C=O) groups is 4. The molecule has 5 rings (SSSR count). The van der Waals surface area contributed by atoms with Crippen molar-refractivity contribution in [1.29, 1.82) is 0 Å². The van der Waals surface area contributed by atoms with E-state index in [9.17, 15) is 24.3 Å². The van der Waals surface area contributed by atoms with Gasteiger partial charge in [-0.1, -0.05) is 75.9 Å². The number of ether oxygens (including phenoxy) is 3. The molecule has 3 aliphatic rings. The van der Waals surface area contributed by atoms with Gasteiger partial charge in [0.15, 0.2) is 5.78 Å². The number of benzene rings is 2. The number of allylic oxidation sites excluding steroid dienone is 1. The highest BCUT2D eigenvalue weighted by molar-refractivity contribution is 5.97. The first-order valence-corrected chi connectivity index (χ1v) is 15.7. The first-order chi connectivity index (χ1) is 21.8. The Bertz CT molecular complexity index is 1590. The Morgan fingerprint density at radius 1 is 0.957 bits per heavy atom. The van der Waals surface area contributed by atoms with E-state index in [1.165, 1.54) is 13.0 Å². The zero-order valence-corrected chi connectivity index (χ0v) is 27.0. The van der Waals surface area contributed by atoms with Crippen LogP contribution in [0.4, 0.5) is 0 Å². The Hall–Kier alpha value is -4.30. The van der Waals surface area contributed by atoms with Gasteiger partial charge >= 0.3 is 17.9 Å². The maximum atomic E-state index is 13.6. The molecule has 2 aromatic carbocycles. The van der Waals surface area contributed by atoms with Crippen LogP contribution in [0.5, 0.6) is 0 Å². The molecule has 2 bridgehead atoms. The van der Waals surface area contributed by atoms with E-state index in [0.717, 1.165) is 5.56 Å². The predicted octanol–water partition coefficient (Wildman–Crippen LogP) is 6.05. The number of aliphatic hydroxyl groups excluding tert-OH is 1.